The lowest BCUT2D eigenvalue weighted by Crippen LogP contribution is -2.16. The van der Waals surface area contributed by atoms with Crippen LogP contribution in [-0.4, -0.2) is 32.4 Å². The van der Waals surface area contributed by atoms with E-state index in [-0.39, 0.29) is 12.5 Å². The van der Waals surface area contributed by atoms with E-state index in [1.54, 1.807) is 42.5 Å². The maximum atomic E-state index is 11.8. The molecule has 27 heavy (non-hydrogen) atoms. The first kappa shape index (κ1) is 20.6. The number of oxime groups is 1. The Morgan fingerprint density at radius 1 is 1.26 bits per heavy atom. The quantitative estimate of drug-likeness (QED) is 0.375. The minimum Gasteiger partial charge on any atom is -0.493 e. The molecule has 0 aliphatic carbocycles. The number of hydrogen-bond acceptors (Lipinski definition) is 5. The molecule has 6 nitrogen and oxygen atoms in total. The number of methoxy groups -OCH3 is 1. The topological polar surface area (TPSA) is 69.2 Å². The van der Waals surface area contributed by atoms with Crippen LogP contribution in [0.5, 0.6) is 11.5 Å². The molecule has 0 heterocycles. The van der Waals surface area contributed by atoms with Crippen LogP contribution in [0.1, 0.15) is 5.56 Å². The van der Waals surface area contributed by atoms with Crippen molar-refractivity contribution >= 4 is 41.0 Å². The van der Waals surface area contributed by atoms with Crippen molar-refractivity contribution < 1.29 is 19.1 Å². The van der Waals surface area contributed by atoms with E-state index in [1.165, 1.54) is 13.3 Å². The Kier molecular flexibility index (Phi) is 7.98. The first-order valence-corrected chi connectivity index (χ1v) is 8.61. The van der Waals surface area contributed by atoms with Gasteiger partial charge in [0.25, 0.3) is 5.91 Å². The second-order valence-corrected chi connectivity index (χ2v) is 6.04. The summed E-state index contributed by atoms with van der Waals surface area (Å²) in [6.45, 7) is 3.64. The average molecular weight is 409 g/mol. The van der Waals surface area contributed by atoms with Crippen LogP contribution in [0.15, 0.2) is 54.2 Å². The molecule has 0 saturated carbocycles. The van der Waals surface area contributed by atoms with Crippen LogP contribution in [0.3, 0.4) is 0 Å². The summed E-state index contributed by atoms with van der Waals surface area (Å²) < 4.78 is 10.7. The summed E-state index contributed by atoms with van der Waals surface area (Å²) in [6.07, 6.45) is 3.02. The zero-order valence-corrected chi connectivity index (χ0v) is 16.1. The number of halogens is 2. The van der Waals surface area contributed by atoms with Gasteiger partial charge in [-0.1, -0.05) is 41.0 Å². The van der Waals surface area contributed by atoms with E-state index in [0.29, 0.717) is 39.4 Å². The molecule has 2 rings (SSSR count). The second-order valence-electron chi connectivity index (χ2n) is 5.20. The number of hydrogen-bond donors (Lipinski definition) is 1. The zero-order chi connectivity index (χ0) is 19.6. The normalized spacial score (nSPS) is 10.5. The van der Waals surface area contributed by atoms with E-state index in [4.69, 9.17) is 37.5 Å². The third-order valence-corrected chi connectivity index (χ3v) is 3.73. The molecule has 0 radical (unpaired) electrons. The fourth-order valence-electron chi connectivity index (χ4n) is 2.02. The summed E-state index contributed by atoms with van der Waals surface area (Å²) in [5.41, 5.74) is 1.24. The van der Waals surface area contributed by atoms with Gasteiger partial charge in [-0.2, -0.15) is 0 Å². The van der Waals surface area contributed by atoms with E-state index >= 15 is 0 Å². The van der Waals surface area contributed by atoms with Gasteiger partial charge in [-0.25, -0.2) is 0 Å². The number of carbonyl (C=O) groups excluding carboxylic acids is 1. The van der Waals surface area contributed by atoms with Crippen LogP contribution >= 0.6 is 23.2 Å². The van der Waals surface area contributed by atoms with Crippen molar-refractivity contribution in [2.24, 2.45) is 5.16 Å². The molecule has 8 heteroatoms. The van der Waals surface area contributed by atoms with E-state index in [9.17, 15) is 4.79 Å². The molecule has 0 aromatic heterocycles. The zero-order valence-electron chi connectivity index (χ0n) is 14.6. The molecule has 142 valence electrons. The number of anilines is 1. The molecule has 0 atom stereocenters. The van der Waals surface area contributed by atoms with E-state index in [0.717, 1.165) is 0 Å². The van der Waals surface area contributed by atoms with Gasteiger partial charge in [0.1, 0.15) is 6.61 Å². The lowest BCUT2D eigenvalue weighted by Gasteiger charge is -2.11. The number of amides is 1. The van der Waals surface area contributed by atoms with E-state index in [2.05, 4.69) is 17.1 Å². The van der Waals surface area contributed by atoms with Crippen LogP contribution in [0.4, 0.5) is 5.69 Å². The number of nitrogens with one attached hydrogen (secondary N) is 1. The Labute approximate surface area is 167 Å². The summed E-state index contributed by atoms with van der Waals surface area (Å²) in [4.78, 5) is 16.8. The molecule has 0 bridgehead atoms. The highest BCUT2D eigenvalue weighted by Crippen LogP contribution is 2.36. The summed E-state index contributed by atoms with van der Waals surface area (Å²) in [5, 5.41) is 7.37. The third kappa shape index (κ3) is 6.51. The van der Waals surface area contributed by atoms with E-state index in [1.807, 2.05) is 0 Å². The van der Waals surface area contributed by atoms with Crippen molar-refractivity contribution in [3.05, 3.63) is 64.7 Å². The average Bonchev–Trinajstić information content (AvgIpc) is 2.66. The molecule has 0 aliphatic heterocycles. The van der Waals surface area contributed by atoms with Gasteiger partial charge in [0.2, 0.25) is 0 Å². The van der Waals surface area contributed by atoms with Crippen LogP contribution in [0.2, 0.25) is 10.0 Å². The predicted molar refractivity (Wildman–Crippen MR) is 107 cm³/mol. The molecular weight excluding hydrogens is 391 g/mol. The van der Waals surface area contributed by atoms with Crippen molar-refractivity contribution in [1.82, 2.24) is 0 Å². The molecule has 0 fully saturated rings. The van der Waals surface area contributed by atoms with Gasteiger partial charge < -0.3 is 19.6 Å². The summed E-state index contributed by atoms with van der Waals surface area (Å²) in [6, 6.07) is 10.1. The first-order valence-electron chi connectivity index (χ1n) is 7.85. The Hall–Kier alpha value is -2.70. The maximum Gasteiger partial charge on any atom is 0.265 e. The Morgan fingerprint density at radius 3 is 2.67 bits per heavy atom. The van der Waals surface area contributed by atoms with Gasteiger partial charge in [-0.05, 0) is 36.4 Å². The molecule has 0 spiro atoms. The standard InChI is InChI=1S/C19H18Cl2N2O4/c1-3-8-26-19-16(21)9-13(10-17(19)25-2)11-22-27-12-18(24)23-15-6-4-14(20)5-7-15/h3-7,9-11H,1,8,12H2,2H3,(H,23,24)/b22-11+. The van der Waals surface area contributed by atoms with Gasteiger partial charge in [0, 0.05) is 16.3 Å². The maximum absolute atomic E-state index is 11.8. The lowest BCUT2D eigenvalue weighted by atomic mass is 10.2. The number of carbonyl (C=O) groups is 1. The van der Waals surface area contributed by atoms with Gasteiger partial charge in [0.15, 0.2) is 18.1 Å². The molecule has 2 aromatic rings. The fraction of sp³-hybridized carbons (Fsp3) is 0.158. The molecule has 1 amide bonds. The predicted octanol–water partition coefficient (Wildman–Crippen LogP) is 4.56. The molecule has 0 saturated heterocycles. The molecule has 0 aliphatic rings. The number of nitrogens with zero attached hydrogens (tertiary/aromatic N) is 1. The summed E-state index contributed by atoms with van der Waals surface area (Å²) >= 11 is 12.0. The van der Waals surface area contributed by atoms with Crippen LogP contribution in [0.25, 0.3) is 0 Å². The number of ether oxygens (including phenoxy) is 2. The van der Waals surface area contributed by atoms with Crippen molar-refractivity contribution in [2.75, 3.05) is 25.6 Å². The highest BCUT2D eigenvalue weighted by atomic mass is 35.5. The number of rotatable bonds is 9. The molecule has 1 N–H and O–H groups in total. The summed E-state index contributed by atoms with van der Waals surface area (Å²) in [7, 11) is 1.50. The smallest absolute Gasteiger partial charge is 0.265 e. The van der Waals surface area contributed by atoms with Crippen molar-refractivity contribution in [3.8, 4) is 11.5 Å². The number of benzene rings is 2. The Bertz CT molecular complexity index is 823. The van der Waals surface area contributed by atoms with Gasteiger partial charge in [0.05, 0.1) is 18.3 Å². The fourth-order valence-corrected chi connectivity index (χ4v) is 2.42. The lowest BCUT2D eigenvalue weighted by molar-refractivity contribution is -0.120. The molecular formula is C19H18Cl2N2O4. The largest absolute Gasteiger partial charge is 0.493 e. The molecule has 2 aromatic carbocycles. The van der Waals surface area contributed by atoms with Crippen LogP contribution in [-0.2, 0) is 9.63 Å². The van der Waals surface area contributed by atoms with Gasteiger partial charge in [-0.15, -0.1) is 0 Å². The first-order chi connectivity index (χ1) is 13.0. The van der Waals surface area contributed by atoms with Crippen LogP contribution in [0, 0.1) is 0 Å². The van der Waals surface area contributed by atoms with Gasteiger partial charge >= 0.3 is 0 Å². The van der Waals surface area contributed by atoms with Crippen molar-refractivity contribution in [1.29, 1.82) is 0 Å². The second kappa shape index (κ2) is 10.4. The van der Waals surface area contributed by atoms with Crippen LogP contribution < -0.4 is 14.8 Å². The Morgan fingerprint density at radius 2 is 2.00 bits per heavy atom. The minimum absolute atomic E-state index is 0.246. The van der Waals surface area contributed by atoms with E-state index < -0.39 is 0 Å². The summed E-state index contributed by atoms with van der Waals surface area (Å²) in [5.74, 6) is 0.518. The highest BCUT2D eigenvalue weighted by Gasteiger charge is 2.11. The minimum atomic E-state index is -0.349. The highest BCUT2D eigenvalue weighted by molar-refractivity contribution is 6.32. The van der Waals surface area contributed by atoms with Gasteiger partial charge in [-0.3, -0.25) is 4.79 Å². The van der Waals surface area contributed by atoms with Crippen molar-refractivity contribution in [3.63, 3.8) is 0 Å². The molecule has 0 unspecified atom stereocenters. The third-order valence-electron chi connectivity index (χ3n) is 3.20. The van der Waals surface area contributed by atoms with Crippen molar-refractivity contribution in [2.45, 2.75) is 0 Å². The Balaban J connectivity index is 1.91. The SMILES string of the molecule is C=CCOc1c(Cl)cc(/C=N/OCC(=O)Nc2ccc(Cl)cc2)cc1OC. The monoisotopic (exact) mass is 408 g/mol.